The van der Waals surface area contributed by atoms with E-state index in [4.69, 9.17) is 34.6 Å². The minimum Gasteiger partial charge on any atom is -0.505 e. The number of phenols is 1. The van der Waals surface area contributed by atoms with Gasteiger partial charge in [-0.2, -0.15) is 8.42 Å². The Kier molecular flexibility index (Phi) is 17.3. The maximum absolute atomic E-state index is 12.9. The van der Waals surface area contributed by atoms with Crippen LogP contribution in [0.25, 0.3) is 10.8 Å². The molecule has 4 aromatic carbocycles. The van der Waals surface area contributed by atoms with E-state index in [1.807, 2.05) is 0 Å². The highest BCUT2D eigenvalue weighted by atomic mass is 32.2. The first-order valence-corrected chi connectivity index (χ1v) is 21.7. The molecule has 4 aromatic rings. The monoisotopic (exact) mass is 933 g/mol. The molecule has 25 nitrogen and oxygen atoms in total. The minimum atomic E-state index is -5.12. The fourth-order valence-electron chi connectivity index (χ4n) is 4.53. The van der Waals surface area contributed by atoms with Crippen molar-refractivity contribution in [2.45, 2.75) is 19.6 Å². The number of nitrogens with zero attached hydrogens (tertiary/aromatic N) is 4. The lowest BCUT2D eigenvalue weighted by atomic mass is 10.1. The Morgan fingerprint density at radius 1 is 0.672 bits per heavy atom. The Bertz CT molecular complexity index is 2480. The van der Waals surface area contributed by atoms with Gasteiger partial charge in [0.25, 0.3) is 10.1 Å². The van der Waals surface area contributed by atoms with E-state index >= 15 is 0 Å². The predicted molar refractivity (Wildman–Crippen MR) is 199 cm³/mol. The van der Waals surface area contributed by atoms with Crippen LogP contribution in [0.4, 0.5) is 28.4 Å². The van der Waals surface area contributed by atoms with E-state index in [9.17, 15) is 34.9 Å². The molecule has 0 aliphatic rings. The first-order valence-electron chi connectivity index (χ1n) is 14.9. The molecule has 0 fully saturated rings. The third kappa shape index (κ3) is 12.3. The van der Waals surface area contributed by atoms with Gasteiger partial charge in [-0.25, -0.2) is 32.6 Å². The second-order valence-electron chi connectivity index (χ2n) is 10.4. The van der Waals surface area contributed by atoms with Gasteiger partial charge in [-0.15, -0.1) is 33.5 Å². The number of hydrogen-bond donors (Lipinski definition) is 6. The molecule has 0 aliphatic heterocycles. The molecule has 0 aromatic heterocycles. The number of sulfone groups is 2. The van der Waals surface area contributed by atoms with Crippen LogP contribution in [0.5, 0.6) is 11.5 Å². The highest BCUT2D eigenvalue weighted by Gasteiger charge is 2.24. The van der Waals surface area contributed by atoms with Crippen molar-refractivity contribution in [3.8, 4) is 11.5 Å². The largest absolute Gasteiger partial charge is 0.505 e. The van der Waals surface area contributed by atoms with Gasteiger partial charge in [-0.1, -0.05) is 15.1 Å². The maximum Gasteiger partial charge on any atom is 0.296 e. The van der Waals surface area contributed by atoms with Crippen molar-refractivity contribution >= 4 is 106 Å². The summed E-state index contributed by atoms with van der Waals surface area (Å²) in [5.74, 6) is -1.77. The Hall–Kier alpha value is -3.84. The van der Waals surface area contributed by atoms with Gasteiger partial charge in [0.1, 0.15) is 33.4 Å². The average Bonchev–Trinajstić information content (AvgIpc) is 3.18. The van der Waals surface area contributed by atoms with Gasteiger partial charge >= 0.3 is 0 Å². The van der Waals surface area contributed by atoms with Gasteiger partial charge in [0.05, 0.1) is 64.2 Å². The Morgan fingerprint density at radius 3 is 1.83 bits per heavy atom. The number of benzene rings is 4. The number of hydrogen-bond acceptors (Lipinski definition) is 27. The molecule has 0 aliphatic carbocycles. The van der Waals surface area contributed by atoms with Crippen LogP contribution in [0, 0.1) is 0 Å². The van der Waals surface area contributed by atoms with E-state index in [1.165, 1.54) is 37.4 Å². The van der Waals surface area contributed by atoms with Gasteiger partial charge in [0.2, 0.25) is 0 Å². The molecule has 7 N–H and O–H groups in total. The van der Waals surface area contributed by atoms with Gasteiger partial charge in [0, 0.05) is 10.8 Å². The van der Waals surface area contributed by atoms with Crippen molar-refractivity contribution in [1.29, 1.82) is 0 Å². The number of anilines is 1. The number of methoxy groups -OCH3 is 1. The summed E-state index contributed by atoms with van der Waals surface area (Å²) in [7, 11) is -12.1. The minimum absolute atomic E-state index is 0.00381. The number of ether oxygens (including phenoxy) is 1. The van der Waals surface area contributed by atoms with Gasteiger partial charge in [-0.3, -0.25) is 12.9 Å². The van der Waals surface area contributed by atoms with Gasteiger partial charge < -0.3 is 15.6 Å². The summed E-state index contributed by atoms with van der Waals surface area (Å²) in [6, 6.07) is 10.1. The van der Waals surface area contributed by atoms with Crippen LogP contribution < -0.4 is 10.5 Å². The van der Waals surface area contributed by atoms with Crippen LogP contribution in [-0.4, -0.2) is 82.5 Å². The van der Waals surface area contributed by atoms with Crippen LogP contribution in [0.15, 0.2) is 94.6 Å². The number of nitrogens with two attached hydrogens (primary N) is 1. The molecule has 0 amide bonds. The van der Waals surface area contributed by atoms with E-state index < -0.39 is 69.1 Å². The quantitative estimate of drug-likeness (QED) is 0.00917. The van der Waals surface area contributed by atoms with Crippen molar-refractivity contribution in [2.75, 3.05) is 37.6 Å². The SMILES string of the molecule is COc1ccc(S(=O)(=O)CCOSOOO)cc1/N=N/c1c(SOOO)cc2c(/N=N/c3ccc(S(=O)(=O)CCOSOOO)cc3S(=O)(=O)O)c(N)ccc2c1O. The van der Waals surface area contributed by atoms with E-state index in [0.717, 1.165) is 18.2 Å². The lowest BCUT2D eigenvalue weighted by molar-refractivity contribution is -0.434. The zero-order chi connectivity index (χ0) is 42.5. The summed E-state index contributed by atoms with van der Waals surface area (Å²) in [4.78, 5) is -1.86. The summed E-state index contributed by atoms with van der Waals surface area (Å²) >= 11 is 0.621. The maximum atomic E-state index is 12.9. The topological polar surface area (TPSA) is 362 Å². The second-order valence-corrected chi connectivity index (χ2v) is 17.8. The van der Waals surface area contributed by atoms with Gasteiger partial charge in [-0.05, 0) is 54.6 Å². The Morgan fingerprint density at radius 2 is 1.24 bits per heavy atom. The fourth-order valence-corrected chi connectivity index (χ4v) is 8.59. The van der Waals surface area contributed by atoms with Crippen molar-refractivity contribution in [2.24, 2.45) is 20.5 Å². The Labute approximate surface area is 339 Å². The van der Waals surface area contributed by atoms with Crippen molar-refractivity contribution in [1.82, 2.24) is 0 Å². The number of nitrogen functional groups attached to an aromatic ring is 1. The molecular formula is C27H27N5O20S6. The molecule has 0 saturated carbocycles. The lowest BCUT2D eigenvalue weighted by Crippen LogP contribution is -2.12. The highest BCUT2D eigenvalue weighted by Crippen LogP contribution is 2.48. The molecule has 58 heavy (non-hydrogen) atoms. The molecule has 31 heteroatoms. The Balaban J connectivity index is 1.75. The van der Waals surface area contributed by atoms with E-state index in [0.29, 0.717) is 18.1 Å². The highest BCUT2D eigenvalue weighted by molar-refractivity contribution is 7.94. The number of fused-ring (bicyclic) bond motifs is 1. The molecule has 0 atom stereocenters. The molecule has 0 saturated heterocycles. The van der Waals surface area contributed by atoms with E-state index in [2.05, 4.69) is 48.6 Å². The van der Waals surface area contributed by atoms with Crippen molar-refractivity contribution in [3.63, 3.8) is 0 Å². The summed E-state index contributed by atoms with van der Waals surface area (Å²) in [6.45, 7) is -0.868. The first kappa shape index (κ1) is 46.8. The number of rotatable bonds is 23. The average molecular weight is 934 g/mol. The molecule has 4 rings (SSSR count). The molecule has 0 radical (unpaired) electrons. The van der Waals surface area contributed by atoms with Crippen molar-refractivity contribution < 1.29 is 91.9 Å². The van der Waals surface area contributed by atoms with Crippen LogP contribution in [0.1, 0.15) is 0 Å². The number of aromatic hydroxyl groups is 1. The molecule has 0 unspecified atom stereocenters. The molecular weight excluding hydrogens is 907 g/mol. The predicted octanol–water partition coefficient (Wildman–Crippen LogP) is 6.19. The first-order chi connectivity index (χ1) is 27.6. The normalized spacial score (nSPS) is 12.6. The van der Waals surface area contributed by atoms with Crippen molar-refractivity contribution in [3.05, 3.63) is 54.6 Å². The zero-order valence-corrected chi connectivity index (χ0v) is 33.6. The smallest absolute Gasteiger partial charge is 0.296 e. The number of azo groups is 2. The molecule has 0 spiro atoms. The number of phenolic OH excluding ortho intramolecular Hbond substituents is 1. The van der Waals surface area contributed by atoms with E-state index in [-0.39, 0.29) is 80.3 Å². The fraction of sp³-hybridized carbons (Fsp3) is 0.185. The summed E-state index contributed by atoms with van der Waals surface area (Å²) in [6.07, 6.45) is 0. The van der Waals surface area contributed by atoms with Crippen LogP contribution in [-0.2, 0) is 66.3 Å². The third-order valence-corrected chi connectivity index (χ3v) is 12.7. The van der Waals surface area contributed by atoms with Gasteiger partial charge in [0.15, 0.2) is 50.1 Å². The molecule has 316 valence electrons. The summed E-state index contributed by atoms with van der Waals surface area (Å²) in [5, 5.41) is 62.9. The van der Waals surface area contributed by atoms with Crippen LogP contribution >= 0.6 is 36.7 Å². The second kappa shape index (κ2) is 21.4. The summed E-state index contributed by atoms with van der Waals surface area (Å²) in [5.41, 5.74) is 4.92. The molecule has 0 bridgehead atoms. The lowest BCUT2D eigenvalue weighted by Gasteiger charge is -2.12. The third-order valence-electron chi connectivity index (χ3n) is 7.07. The summed E-state index contributed by atoms with van der Waals surface area (Å²) < 4.78 is 113. The zero-order valence-electron chi connectivity index (χ0n) is 28.7. The van der Waals surface area contributed by atoms with Crippen LogP contribution in [0.2, 0.25) is 0 Å². The molecule has 0 heterocycles. The van der Waals surface area contributed by atoms with Crippen LogP contribution in [0.3, 0.4) is 0 Å². The standard InChI is InChI=1S/C27H27N5O20S6/c1-44-22-7-3-15(56(37,38)10-8-45-54-51-48-35)12-21(22)30-32-26-23(53-50-47-34)14-18-17(27(26)33)4-5-19(28)25(18)31-29-20-6-2-16(13-24(20)58(41,42)43)57(39,40)11-9-46-55-52-49-36/h2-7,12-14,33-36H,8-11,28H2,1H3,(H,41,42,43)/b31-29+,32-30+. The van der Waals surface area contributed by atoms with E-state index in [1.54, 1.807) is 0 Å².